The summed E-state index contributed by atoms with van der Waals surface area (Å²) in [6, 6.07) is 2.35. The molecule has 1 aromatic heterocycles. The third-order valence-corrected chi connectivity index (χ3v) is 3.70. The van der Waals surface area contributed by atoms with E-state index in [-0.39, 0.29) is 5.91 Å². The average Bonchev–Trinajstić information content (AvgIpc) is 3.06. The van der Waals surface area contributed by atoms with E-state index in [1.165, 1.54) is 11.0 Å². The van der Waals surface area contributed by atoms with Crippen molar-refractivity contribution in [2.45, 2.75) is 12.5 Å². The standard InChI is InChI=1S/C15H14F2N4O2/c1-20-8-9(7-18-20)21-6-5-12(15(21)23)19-14(22)13-10(16)3-2-4-11(13)17/h2-4,7-8,12H,5-6H2,1H3,(H,19,22)/t12-/m0/s1. The number of anilines is 1. The number of rotatable bonds is 3. The maximum atomic E-state index is 13.6. The Balaban J connectivity index is 1.74. The Bertz CT molecular complexity index is 754. The fraction of sp³-hybridized carbons (Fsp3) is 0.267. The molecule has 3 rings (SSSR count). The molecule has 2 aromatic rings. The molecule has 1 N–H and O–H groups in total. The molecular weight excluding hydrogens is 306 g/mol. The van der Waals surface area contributed by atoms with E-state index in [1.807, 2.05) is 0 Å². The third-order valence-electron chi connectivity index (χ3n) is 3.70. The molecule has 0 spiro atoms. The number of hydrogen-bond donors (Lipinski definition) is 1. The molecule has 1 fully saturated rings. The minimum Gasteiger partial charge on any atom is -0.340 e. The second-order valence-electron chi connectivity index (χ2n) is 5.27. The molecule has 1 aromatic carbocycles. The molecule has 23 heavy (non-hydrogen) atoms. The van der Waals surface area contributed by atoms with E-state index in [0.717, 1.165) is 12.1 Å². The number of carbonyl (C=O) groups is 2. The number of nitrogens with zero attached hydrogens (tertiary/aromatic N) is 3. The highest BCUT2D eigenvalue weighted by atomic mass is 19.1. The SMILES string of the molecule is Cn1cc(N2CC[C@H](NC(=O)c3c(F)cccc3F)C2=O)cn1. The summed E-state index contributed by atoms with van der Waals surface area (Å²) in [5.41, 5.74) is -0.0635. The van der Waals surface area contributed by atoms with Gasteiger partial charge in [-0.1, -0.05) is 6.07 Å². The lowest BCUT2D eigenvalue weighted by atomic mass is 10.1. The van der Waals surface area contributed by atoms with E-state index in [4.69, 9.17) is 0 Å². The lowest BCUT2D eigenvalue weighted by Crippen LogP contribution is -2.42. The van der Waals surface area contributed by atoms with Crippen LogP contribution in [0.4, 0.5) is 14.5 Å². The van der Waals surface area contributed by atoms with E-state index in [9.17, 15) is 18.4 Å². The molecule has 0 saturated carbocycles. The molecule has 1 aliphatic rings. The second kappa shape index (κ2) is 5.79. The third kappa shape index (κ3) is 2.79. The van der Waals surface area contributed by atoms with Crippen LogP contribution in [0, 0.1) is 11.6 Å². The quantitative estimate of drug-likeness (QED) is 0.925. The highest BCUT2D eigenvalue weighted by Crippen LogP contribution is 2.21. The van der Waals surface area contributed by atoms with Crippen LogP contribution in [0.1, 0.15) is 16.8 Å². The zero-order valence-electron chi connectivity index (χ0n) is 12.3. The summed E-state index contributed by atoms with van der Waals surface area (Å²) in [5, 5.41) is 6.38. The Labute approximate surface area is 130 Å². The summed E-state index contributed by atoms with van der Waals surface area (Å²) < 4.78 is 28.8. The van der Waals surface area contributed by atoms with Crippen molar-refractivity contribution in [1.29, 1.82) is 0 Å². The van der Waals surface area contributed by atoms with Gasteiger partial charge in [-0.05, 0) is 18.6 Å². The van der Waals surface area contributed by atoms with Gasteiger partial charge in [0.05, 0.1) is 11.9 Å². The van der Waals surface area contributed by atoms with Crippen molar-refractivity contribution in [2.24, 2.45) is 7.05 Å². The van der Waals surface area contributed by atoms with Crippen molar-refractivity contribution in [3.8, 4) is 0 Å². The Morgan fingerprint density at radius 3 is 2.65 bits per heavy atom. The minimum absolute atomic E-state index is 0.330. The molecule has 2 heterocycles. The van der Waals surface area contributed by atoms with Gasteiger partial charge in [0.25, 0.3) is 5.91 Å². The number of carbonyl (C=O) groups excluding carboxylic acids is 2. The first-order valence-electron chi connectivity index (χ1n) is 7.02. The van der Waals surface area contributed by atoms with Crippen LogP contribution in [0.5, 0.6) is 0 Å². The Morgan fingerprint density at radius 1 is 1.35 bits per heavy atom. The van der Waals surface area contributed by atoms with Crippen molar-refractivity contribution in [3.05, 3.63) is 47.8 Å². The molecule has 0 unspecified atom stereocenters. The van der Waals surface area contributed by atoms with E-state index in [2.05, 4.69) is 10.4 Å². The minimum atomic E-state index is -0.961. The monoisotopic (exact) mass is 320 g/mol. The fourth-order valence-electron chi connectivity index (χ4n) is 2.56. The highest BCUT2D eigenvalue weighted by Gasteiger charge is 2.35. The Morgan fingerprint density at radius 2 is 2.04 bits per heavy atom. The smallest absolute Gasteiger partial charge is 0.257 e. The second-order valence-corrected chi connectivity index (χ2v) is 5.27. The van der Waals surface area contributed by atoms with E-state index in [0.29, 0.717) is 18.7 Å². The predicted molar refractivity (Wildman–Crippen MR) is 77.8 cm³/mol. The van der Waals surface area contributed by atoms with Crippen LogP contribution < -0.4 is 10.2 Å². The van der Waals surface area contributed by atoms with Crippen molar-refractivity contribution in [1.82, 2.24) is 15.1 Å². The number of nitrogens with one attached hydrogen (secondary N) is 1. The topological polar surface area (TPSA) is 67.2 Å². The van der Waals surface area contributed by atoms with E-state index < -0.39 is 29.1 Å². The van der Waals surface area contributed by atoms with Crippen LogP contribution in [0.3, 0.4) is 0 Å². The Hall–Kier alpha value is -2.77. The summed E-state index contributed by atoms with van der Waals surface area (Å²) in [5.74, 6) is -3.19. The first kappa shape index (κ1) is 15.1. The maximum absolute atomic E-state index is 13.6. The highest BCUT2D eigenvalue weighted by molar-refractivity contribution is 6.03. The average molecular weight is 320 g/mol. The molecule has 1 saturated heterocycles. The molecular formula is C15H14F2N4O2. The molecule has 0 bridgehead atoms. The number of hydrogen-bond acceptors (Lipinski definition) is 3. The lowest BCUT2D eigenvalue weighted by Gasteiger charge is -2.15. The van der Waals surface area contributed by atoms with Crippen LogP contribution in [-0.4, -0.2) is 34.2 Å². The van der Waals surface area contributed by atoms with Gasteiger partial charge >= 0.3 is 0 Å². The van der Waals surface area contributed by atoms with Crippen molar-refractivity contribution in [3.63, 3.8) is 0 Å². The van der Waals surface area contributed by atoms with Gasteiger partial charge in [0.1, 0.15) is 23.2 Å². The zero-order valence-corrected chi connectivity index (χ0v) is 12.3. The number of amides is 2. The normalized spacial score (nSPS) is 17.6. The summed E-state index contributed by atoms with van der Waals surface area (Å²) in [4.78, 5) is 25.9. The zero-order chi connectivity index (χ0) is 16.6. The van der Waals surface area contributed by atoms with Crippen molar-refractivity contribution >= 4 is 17.5 Å². The van der Waals surface area contributed by atoms with Gasteiger partial charge in [-0.3, -0.25) is 14.3 Å². The molecule has 2 amide bonds. The van der Waals surface area contributed by atoms with Gasteiger partial charge < -0.3 is 10.2 Å². The van der Waals surface area contributed by atoms with E-state index >= 15 is 0 Å². The number of halogens is 2. The maximum Gasteiger partial charge on any atom is 0.257 e. The van der Waals surface area contributed by atoms with Gasteiger partial charge in [-0.25, -0.2) is 8.78 Å². The summed E-state index contributed by atoms with van der Waals surface area (Å²) in [7, 11) is 1.73. The lowest BCUT2D eigenvalue weighted by molar-refractivity contribution is -0.118. The molecule has 1 aliphatic heterocycles. The molecule has 1 atom stereocenters. The van der Waals surface area contributed by atoms with Crippen LogP contribution in [0.2, 0.25) is 0 Å². The number of aryl methyl sites for hydroxylation is 1. The van der Waals surface area contributed by atoms with Gasteiger partial charge in [0.15, 0.2) is 0 Å². The molecule has 6 nitrogen and oxygen atoms in total. The van der Waals surface area contributed by atoms with Gasteiger partial charge in [0.2, 0.25) is 5.91 Å². The summed E-state index contributed by atoms with van der Waals surface area (Å²) in [6.45, 7) is 0.398. The Kier molecular flexibility index (Phi) is 3.81. The van der Waals surface area contributed by atoms with Crippen LogP contribution in [-0.2, 0) is 11.8 Å². The summed E-state index contributed by atoms with van der Waals surface area (Å²) >= 11 is 0. The van der Waals surface area contributed by atoms with Crippen LogP contribution in [0.25, 0.3) is 0 Å². The number of aromatic nitrogens is 2. The largest absolute Gasteiger partial charge is 0.340 e. The first-order valence-corrected chi connectivity index (χ1v) is 7.02. The van der Waals surface area contributed by atoms with Crippen molar-refractivity contribution < 1.29 is 18.4 Å². The predicted octanol–water partition coefficient (Wildman–Crippen LogP) is 1.23. The van der Waals surface area contributed by atoms with Crippen LogP contribution in [0.15, 0.2) is 30.6 Å². The molecule has 0 radical (unpaired) electrons. The summed E-state index contributed by atoms with van der Waals surface area (Å²) in [6.07, 6.45) is 3.58. The van der Waals surface area contributed by atoms with Gasteiger partial charge in [0, 0.05) is 19.8 Å². The molecule has 0 aliphatic carbocycles. The fourth-order valence-corrected chi connectivity index (χ4v) is 2.56. The molecule has 8 heteroatoms. The first-order chi connectivity index (χ1) is 11.0. The molecule has 120 valence electrons. The van der Waals surface area contributed by atoms with Crippen LogP contribution >= 0.6 is 0 Å². The number of benzene rings is 1. The van der Waals surface area contributed by atoms with E-state index in [1.54, 1.807) is 24.1 Å². The van der Waals surface area contributed by atoms with Gasteiger partial charge in [-0.2, -0.15) is 5.10 Å². The van der Waals surface area contributed by atoms with Crippen molar-refractivity contribution in [2.75, 3.05) is 11.4 Å². The van der Waals surface area contributed by atoms with Gasteiger partial charge in [-0.15, -0.1) is 0 Å².